The summed E-state index contributed by atoms with van der Waals surface area (Å²) in [6, 6.07) is 27.6. The second-order valence-electron chi connectivity index (χ2n) is 10.2. The summed E-state index contributed by atoms with van der Waals surface area (Å²) in [4.78, 5) is 37.7. The van der Waals surface area contributed by atoms with E-state index in [1.54, 1.807) is 29.2 Å². The Labute approximate surface area is 230 Å². The van der Waals surface area contributed by atoms with Gasteiger partial charge in [-0.25, -0.2) is 9.59 Å². The van der Waals surface area contributed by atoms with E-state index in [9.17, 15) is 14.4 Å². The van der Waals surface area contributed by atoms with Gasteiger partial charge in [-0.15, -0.1) is 0 Å². The third kappa shape index (κ3) is 10.6. The number of amides is 4. The Bertz CT molecular complexity index is 1180. The molecule has 1 heterocycles. The first kappa shape index (κ1) is 29.4. The van der Waals surface area contributed by atoms with Gasteiger partial charge in [0.25, 0.3) is 5.91 Å². The number of urea groups is 1. The van der Waals surface area contributed by atoms with Gasteiger partial charge in [0.2, 0.25) is 0 Å². The van der Waals surface area contributed by atoms with E-state index in [0.29, 0.717) is 12.0 Å². The van der Waals surface area contributed by atoms with Gasteiger partial charge in [-0.3, -0.25) is 10.1 Å². The van der Waals surface area contributed by atoms with Crippen LogP contribution in [0.25, 0.3) is 0 Å². The van der Waals surface area contributed by atoms with Crippen molar-refractivity contribution in [2.24, 2.45) is 0 Å². The summed E-state index contributed by atoms with van der Waals surface area (Å²) in [6.07, 6.45) is 0.437. The lowest BCUT2D eigenvalue weighted by molar-refractivity contribution is 0.0228. The number of nitrogens with one attached hydrogen (secondary N) is 3. The van der Waals surface area contributed by atoms with Gasteiger partial charge in [0.1, 0.15) is 5.60 Å². The SMILES string of the molecule is CC(C)(C)OC(=O)N1CCNCC1.O=C(NC(=O)c1ccccc1)N[C@@H](Cc1ccccc1)c1ccccc1. The molecule has 0 aromatic heterocycles. The molecule has 4 rings (SSSR count). The van der Waals surface area contributed by atoms with Gasteiger partial charge in [-0.1, -0.05) is 78.9 Å². The minimum Gasteiger partial charge on any atom is -0.444 e. The van der Waals surface area contributed by atoms with Gasteiger partial charge in [-0.2, -0.15) is 0 Å². The lowest BCUT2D eigenvalue weighted by Gasteiger charge is -2.30. The minimum absolute atomic E-state index is 0.200. The van der Waals surface area contributed by atoms with Crippen LogP contribution < -0.4 is 16.0 Å². The Morgan fingerprint density at radius 3 is 1.95 bits per heavy atom. The fraction of sp³-hybridized carbons (Fsp3) is 0.323. The highest BCUT2D eigenvalue weighted by Crippen LogP contribution is 2.18. The summed E-state index contributed by atoms with van der Waals surface area (Å²) in [5, 5.41) is 8.49. The normalized spacial score (nSPS) is 13.8. The highest BCUT2D eigenvalue weighted by Gasteiger charge is 2.23. The average molecular weight is 531 g/mol. The zero-order valence-corrected chi connectivity index (χ0v) is 22.9. The van der Waals surface area contributed by atoms with Gasteiger partial charge in [0.15, 0.2) is 0 Å². The molecule has 4 amide bonds. The number of rotatable bonds is 5. The summed E-state index contributed by atoms with van der Waals surface area (Å²) in [7, 11) is 0. The maximum Gasteiger partial charge on any atom is 0.410 e. The predicted octanol–water partition coefficient (Wildman–Crippen LogP) is 4.94. The Morgan fingerprint density at radius 2 is 1.38 bits per heavy atom. The molecule has 0 bridgehead atoms. The molecule has 206 valence electrons. The lowest BCUT2D eigenvalue weighted by Crippen LogP contribution is -2.48. The van der Waals surface area contributed by atoms with Crippen LogP contribution in [0.4, 0.5) is 9.59 Å². The molecule has 8 nitrogen and oxygen atoms in total. The zero-order chi connectivity index (χ0) is 28.1. The van der Waals surface area contributed by atoms with Crippen LogP contribution in [-0.2, 0) is 11.2 Å². The van der Waals surface area contributed by atoms with E-state index in [4.69, 9.17) is 4.74 Å². The Hall–Kier alpha value is -4.17. The van der Waals surface area contributed by atoms with Gasteiger partial charge in [-0.05, 0) is 50.5 Å². The van der Waals surface area contributed by atoms with Crippen LogP contribution in [0.1, 0.15) is 48.3 Å². The van der Waals surface area contributed by atoms with E-state index in [1.165, 1.54) is 0 Å². The molecule has 0 saturated carbocycles. The molecular formula is C31H38N4O4. The van der Waals surface area contributed by atoms with E-state index < -0.39 is 11.9 Å². The highest BCUT2D eigenvalue weighted by atomic mass is 16.6. The van der Waals surface area contributed by atoms with Crippen molar-refractivity contribution in [3.8, 4) is 0 Å². The van der Waals surface area contributed by atoms with Crippen LogP contribution in [0.3, 0.4) is 0 Å². The third-order valence-corrected chi connectivity index (χ3v) is 5.82. The van der Waals surface area contributed by atoms with Crippen molar-refractivity contribution in [1.29, 1.82) is 0 Å². The van der Waals surface area contributed by atoms with Crippen molar-refractivity contribution in [3.63, 3.8) is 0 Å². The maximum atomic E-state index is 12.4. The molecule has 1 atom stereocenters. The summed E-state index contributed by atoms with van der Waals surface area (Å²) in [5.41, 5.74) is 2.15. The van der Waals surface area contributed by atoms with Crippen LogP contribution in [-0.4, -0.2) is 54.7 Å². The summed E-state index contributed by atoms with van der Waals surface area (Å²) >= 11 is 0. The first-order chi connectivity index (χ1) is 18.7. The van der Waals surface area contributed by atoms with Crippen LogP contribution in [0, 0.1) is 0 Å². The number of carbonyl (C=O) groups is 3. The first-order valence-corrected chi connectivity index (χ1v) is 13.2. The van der Waals surface area contributed by atoms with Crippen molar-refractivity contribution >= 4 is 18.0 Å². The van der Waals surface area contributed by atoms with Crippen molar-refractivity contribution in [2.75, 3.05) is 26.2 Å². The molecule has 1 aliphatic rings. The number of hydrogen-bond donors (Lipinski definition) is 3. The van der Waals surface area contributed by atoms with Crippen molar-refractivity contribution in [2.45, 2.75) is 38.8 Å². The highest BCUT2D eigenvalue weighted by molar-refractivity contribution is 6.04. The number of carbonyl (C=O) groups excluding carboxylic acids is 3. The average Bonchev–Trinajstić information content (AvgIpc) is 2.94. The van der Waals surface area contributed by atoms with Crippen LogP contribution >= 0.6 is 0 Å². The topological polar surface area (TPSA) is 99.8 Å². The largest absolute Gasteiger partial charge is 0.444 e. The molecule has 1 aliphatic heterocycles. The number of piperazine rings is 1. The molecule has 0 unspecified atom stereocenters. The van der Waals surface area contributed by atoms with Gasteiger partial charge >= 0.3 is 12.1 Å². The number of imide groups is 1. The predicted molar refractivity (Wildman–Crippen MR) is 152 cm³/mol. The molecule has 0 radical (unpaired) electrons. The lowest BCUT2D eigenvalue weighted by atomic mass is 9.99. The van der Waals surface area contributed by atoms with Crippen LogP contribution in [0.15, 0.2) is 91.0 Å². The first-order valence-electron chi connectivity index (χ1n) is 13.2. The second-order valence-corrected chi connectivity index (χ2v) is 10.2. The Morgan fingerprint density at radius 1 is 0.846 bits per heavy atom. The molecule has 3 N–H and O–H groups in total. The molecule has 8 heteroatoms. The summed E-state index contributed by atoms with van der Waals surface area (Å²) < 4.78 is 5.24. The van der Waals surface area contributed by atoms with E-state index >= 15 is 0 Å². The number of benzene rings is 3. The number of ether oxygens (including phenoxy) is 1. The van der Waals surface area contributed by atoms with Crippen LogP contribution in [0.2, 0.25) is 0 Å². The van der Waals surface area contributed by atoms with Gasteiger partial charge < -0.3 is 20.3 Å². The van der Waals surface area contributed by atoms with Gasteiger partial charge in [0.05, 0.1) is 6.04 Å². The maximum absolute atomic E-state index is 12.4. The quantitative estimate of drug-likeness (QED) is 0.434. The van der Waals surface area contributed by atoms with Crippen LogP contribution in [0.5, 0.6) is 0 Å². The molecule has 1 fully saturated rings. The third-order valence-electron chi connectivity index (χ3n) is 5.82. The van der Waals surface area contributed by atoms with E-state index in [2.05, 4.69) is 16.0 Å². The standard InChI is InChI=1S/C22H20N2O2.C9H18N2O2/c25-21(19-14-8-3-9-15-19)24-22(26)23-20(18-12-6-2-7-13-18)16-17-10-4-1-5-11-17;1-9(2,3)13-8(12)11-6-4-10-5-7-11/h1-15,20H,16H2,(H2,23,24,25,26);10H,4-7H2,1-3H3/t20-;/m0./s1. The molecule has 3 aromatic carbocycles. The molecule has 0 aliphatic carbocycles. The molecule has 3 aromatic rings. The molecule has 0 spiro atoms. The van der Waals surface area contributed by atoms with Crippen molar-refractivity contribution < 1.29 is 19.1 Å². The smallest absolute Gasteiger partial charge is 0.410 e. The number of hydrogen-bond acceptors (Lipinski definition) is 5. The van der Waals surface area contributed by atoms with Crippen molar-refractivity contribution in [1.82, 2.24) is 20.9 Å². The van der Waals surface area contributed by atoms with E-state index in [0.717, 1.165) is 37.3 Å². The minimum atomic E-state index is -0.511. The van der Waals surface area contributed by atoms with Crippen molar-refractivity contribution in [3.05, 3.63) is 108 Å². The second kappa shape index (κ2) is 14.7. The molecule has 1 saturated heterocycles. The van der Waals surface area contributed by atoms with E-state index in [1.807, 2.05) is 87.5 Å². The number of nitrogens with zero attached hydrogens (tertiary/aromatic N) is 1. The summed E-state index contributed by atoms with van der Waals surface area (Å²) in [5.74, 6) is -0.422. The molecule has 39 heavy (non-hydrogen) atoms. The fourth-order valence-electron chi connectivity index (χ4n) is 3.92. The Kier molecular flexibility index (Phi) is 11.1. The monoisotopic (exact) mass is 530 g/mol. The Balaban J connectivity index is 0.000000272. The van der Waals surface area contributed by atoms with E-state index in [-0.39, 0.29) is 17.7 Å². The molecular weight excluding hydrogens is 492 g/mol. The summed E-state index contributed by atoms with van der Waals surface area (Å²) in [6.45, 7) is 8.86. The zero-order valence-electron chi connectivity index (χ0n) is 22.9. The van der Waals surface area contributed by atoms with Gasteiger partial charge in [0, 0.05) is 31.7 Å². The fourth-order valence-corrected chi connectivity index (χ4v) is 3.92.